The number of carboxylic acid groups (broad SMARTS) is 1. The first-order valence-electron chi connectivity index (χ1n) is 5.51. The van der Waals surface area contributed by atoms with E-state index in [0.717, 1.165) is 17.7 Å². The standard InChI is InChI=1S/C12H12O5/c13-11(14)6-16-7-1-2-10-9(5-7)8-3-4-15-12(8)17-10/h1-2,5,8,12H,3-4,6H2,(H,13,14)/t8-,12+/m1/s1. The number of hydrogen-bond donors (Lipinski definition) is 1. The average Bonchev–Trinajstić information content (AvgIpc) is 2.86. The van der Waals surface area contributed by atoms with Crippen molar-refractivity contribution >= 4 is 5.97 Å². The van der Waals surface area contributed by atoms with Crippen LogP contribution in [0.1, 0.15) is 17.9 Å². The molecule has 0 bridgehead atoms. The maximum absolute atomic E-state index is 10.4. The van der Waals surface area contributed by atoms with Crippen molar-refractivity contribution in [2.24, 2.45) is 0 Å². The molecule has 90 valence electrons. The van der Waals surface area contributed by atoms with Crippen LogP contribution in [0.15, 0.2) is 18.2 Å². The smallest absolute Gasteiger partial charge is 0.341 e. The Hall–Kier alpha value is -1.75. The molecule has 0 radical (unpaired) electrons. The number of rotatable bonds is 3. The van der Waals surface area contributed by atoms with Crippen LogP contribution >= 0.6 is 0 Å². The van der Waals surface area contributed by atoms with Crippen molar-refractivity contribution in [3.63, 3.8) is 0 Å². The molecule has 0 spiro atoms. The van der Waals surface area contributed by atoms with Gasteiger partial charge in [-0.2, -0.15) is 0 Å². The van der Waals surface area contributed by atoms with Crippen LogP contribution in [0.25, 0.3) is 0 Å². The lowest BCUT2D eigenvalue weighted by atomic mass is 9.98. The van der Waals surface area contributed by atoms with E-state index in [1.165, 1.54) is 0 Å². The summed E-state index contributed by atoms with van der Waals surface area (Å²) in [6.45, 7) is 0.374. The van der Waals surface area contributed by atoms with Crippen LogP contribution in [-0.2, 0) is 9.53 Å². The summed E-state index contributed by atoms with van der Waals surface area (Å²) in [5, 5.41) is 8.55. The van der Waals surface area contributed by atoms with E-state index >= 15 is 0 Å². The zero-order valence-electron chi connectivity index (χ0n) is 9.09. The third-order valence-electron chi connectivity index (χ3n) is 3.03. The van der Waals surface area contributed by atoms with Crippen molar-refractivity contribution in [3.05, 3.63) is 23.8 Å². The molecule has 5 heteroatoms. The Kier molecular flexibility index (Phi) is 2.40. The number of hydrogen-bond acceptors (Lipinski definition) is 4. The molecule has 1 fully saturated rings. The number of carboxylic acids is 1. The minimum absolute atomic E-state index is 0.181. The van der Waals surface area contributed by atoms with Crippen LogP contribution < -0.4 is 9.47 Å². The number of fused-ring (bicyclic) bond motifs is 3. The fourth-order valence-corrected chi connectivity index (χ4v) is 2.27. The van der Waals surface area contributed by atoms with Crippen LogP contribution in [0.5, 0.6) is 11.5 Å². The van der Waals surface area contributed by atoms with E-state index in [4.69, 9.17) is 19.3 Å². The van der Waals surface area contributed by atoms with Crippen molar-refractivity contribution in [3.8, 4) is 11.5 Å². The first kappa shape index (κ1) is 10.4. The molecule has 0 unspecified atom stereocenters. The van der Waals surface area contributed by atoms with Gasteiger partial charge in [-0.1, -0.05) is 0 Å². The first-order valence-corrected chi connectivity index (χ1v) is 5.51. The minimum Gasteiger partial charge on any atom is -0.482 e. The summed E-state index contributed by atoms with van der Waals surface area (Å²) >= 11 is 0. The predicted octanol–water partition coefficient (Wildman–Crippen LogP) is 1.37. The van der Waals surface area contributed by atoms with E-state index in [1.807, 2.05) is 6.07 Å². The van der Waals surface area contributed by atoms with Crippen LogP contribution in [0.3, 0.4) is 0 Å². The van der Waals surface area contributed by atoms with E-state index in [0.29, 0.717) is 12.4 Å². The van der Waals surface area contributed by atoms with Gasteiger partial charge < -0.3 is 19.3 Å². The lowest BCUT2D eigenvalue weighted by Crippen LogP contribution is -2.13. The maximum Gasteiger partial charge on any atom is 0.341 e. The van der Waals surface area contributed by atoms with Gasteiger partial charge in [0.25, 0.3) is 0 Å². The Bertz CT molecular complexity index is 456. The molecule has 1 aromatic carbocycles. The van der Waals surface area contributed by atoms with Crippen molar-refractivity contribution in [1.29, 1.82) is 0 Å². The van der Waals surface area contributed by atoms with Crippen molar-refractivity contribution in [2.45, 2.75) is 18.6 Å². The number of carbonyl (C=O) groups is 1. The van der Waals surface area contributed by atoms with E-state index in [9.17, 15) is 4.79 Å². The van der Waals surface area contributed by atoms with E-state index in [2.05, 4.69) is 0 Å². The third kappa shape index (κ3) is 1.82. The summed E-state index contributed by atoms with van der Waals surface area (Å²) in [7, 11) is 0. The molecule has 5 nitrogen and oxygen atoms in total. The molecule has 2 heterocycles. The highest BCUT2D eigenvalue weighted by molar-refractivity contribution is 5.68. The highest BCUT2D eigenvalue weighted by Crippen LogP contribution is 2.45. The van der Waals surface area contributed by atoms with Gasteiger partial charge in [-0.05, 0) is 24.6 Å². The molecule has 0 aliphatic carbocycles. The molecule has 1 aromatic rings. The lowest BCUT2D eigenvalue weighted by Gasteiger charge is -2.06. The van der Waals surface area contributed by atoms with Crippen molar-refractivity contribution in [1.82, 2.24) is 0 Å². The molecule has 1 N–H and O–H groups in total. The second-order valence-corrected chi connectivity index (χ2v) is 4.13. The Morgan fingerprint density at radius 3 is 3.24 bits per heavy atom. The predicted molar refractivity (Wildman–Crippen MR) is 57.3 cm³/mol. The summed E-state index contributed by atoms with van der Waals surface area (Å²) in [6.07, 6.45) is 0.750. The molecule has 3 rings (SSSR count). The number of aliphatic carboxylic acids is 1. The summed E-state index contributed by atoms with van der Waals surface area (Å²) < 4.78 is 16.2. The quantitative estimate of drug-likeness (QED) is 0.858. The fourth-order valence-electron chi connectivity index (χ4n) is 2.27. The van der Waals surface area contributed by atoms with E-state index in [1.54, 1.807) is 12.1 Å². The van der Waals surface area contributed by atoms with E-state index in [-0.39, 0.29) is 18.8 Å². The van der Waals surface area contributed by atoms with Crippen LogP contribution in [0.4, 0.5) is 0 Å². The summed E-state index contributed by atoms with van der Waals surface area (Å²) in [5.41, 5.74) is 1.05. The SMILES string of the molecule is O=C(O)COc1ccc2c(c1)[C@H]1CCO[C@H]1O2. The van der Waals surface area contributed by atoms with Gasteiger partial charge >= 0.3 is 5.97 Å². The molecule has 0 saturated carbocycles. The number of benzene rings is 1. The largest absolute Gasteiger partial charge is 0.482 e. The van der Waals surface area contributed by atoms with Gasteiger partial charge in [0.1, 0.15) is 11.5 Å². The highest BCUT2D eigenvalue weighted by Gasteiger charge is 2.39. The minimum atomic E-state index is -0.983. The normalized spacial score (nSPS) is 24.9. The Labute approximate surface area is 97.9 Å². The molecular weight excluding hydrogens is 224 g/mol. The molecule has 2 aliphatic heterocycles. The molecule has 2 atom stereocenters. The second kappa shape index (κ2) is 3.92. The van der Waals surface area contributed by atoms with Gasteiger partial charge in [-0.3, -0.25) is 0 Å². The van der Waals surface area contributed by atoms with Gasteiger partial charge in [0.2, 0.25) is 6.29 Å². The molecule has 0 aromatic heterocycles. The third-order valence-corrected chi connectivity index (χ3v) is 3.03. The fraction of sp³-hybridized carbons (Fsp3) is 0.417. The molecule has 17 heavy (non-hydrogen) atoms. The molecule has 1 saturated heterocycles. The van der Waals surface area contributed by atoms with Gasteiger partial charge in [0.05, 0.1) is 12.5 Å². The van der Waals surface area contributed by atoms with Gasteiger partial charge in [-0.15, -0.1) is 0 Å². The summed E-state index contributed by atoms with van der Waals surface area (Å²) in [5.74, 6) is 0.631. The van der Waals surface area contributed by atoms with Crippen LogP contribution in [0.2, 0.25) is 0 Å². The Morgan fingerprint density at radius 1 is 1.53 bits per heavy atom. The topological polar surface area (TPSA) is 65.0 Å². The number of ether oxygens (including phenoxy) is 3. The van der Waals surface area contributed by atoms with Crippen LogP contribution in [0, 0.1) is 0 Å². The lowest BCUT2D eigenvalue weighted by molar-refractivity contribution is -0.139. The molecule has 2 aliphatic rings. The van der Waals surface area contributed by atoms with Crippen molar-refractivity contribution < 1.29 is 24.1 Å². The first-order chi connectivity index (χ1) is 8.24. The average molecular weight is 236 g/mol. The highest BCUT2D eigenvalue weighted by atomic mass is 16.7. The Balaban J connectivity index is 1.82. The molecule has 0 amide bonds. The zero-order chi connectivity index (χ0) is 11.8. The van der Waals surface area contributed by atoms with Crippen molar-refractivity contribution in [2.75, 3.05) is 13.2 Å². The zero-order valence-corrected chi connectivity index (χ0v) is 9.09. The van der Waals surface area contributed by atoms with E-state index < -0.39 is 5.97 Å². The second-order valence-electron chi connectivity index (χ2n) is 4.13. The maximum atomic E-state index is 10.4. The summed E-state index contributed by atoms with van der Waals surface area (Å²) in [4.78, 5) is 10.4. The van der Waals surface area contributed by atoms with Gasteiger partial charge in [0, 0.05) is 5.56 Å². The van der Waals surface area contributed by atoms with Crippen LogP contribution in [-0.4, -0.2) is 30.6 Å². The summed E-state index contributed by atoms with van der Waals surface area (Å²) in [6, 6.07) is 5.36. The molecular formula is C12H12O5. The Morgan fingerprint density at radius 2 is 2.41 bits per heavy atom. The van der Waals surface area contributed by atoms with Gasteiger partial charge in [0.15, 0.2) is 6.61 Å². The monoisotopic (exact) mass is 236 g/mol. The van der Waals surface area contributed by atoms with Gasteiger partial charge in [-0.25, -0.2) is 4.79 Å².